The van der Waals surface area contributed by atoms with Crippen LogP contribution in [0.4, 0.5) is 11.4 Å². The minimum Gasteiger partial charge on any atom is -0.325 e. The average molecular weight is 297 g/mol. The number of nitrogens with one attached hydrogen (secondary N) is 1. The number of sulfonamides is 1. The molecule has 110 valence electrons. The molecule has 0 bridgehead atoms. The zero-order valence-corrected chi connectivity index (χ0v) is 12.4. The van der Waals surface area contributed by atoms with Gasteiger partial charge in [-0.25, -0.2) is 8.42 Å². The number of amides is 1. The summed E-state index contributed by atoms with van der Waals surface area (Å²) in [5.74, 6) is -0.263. The lowest BCUT2D eigenvalue weighted by Crippen LogP contribution is -2.35. The highest BCUT2D eigenvalue weighted by atomic mass is 32.2. The molecule has 0 saturated carbocycles. The average Bonchev–Trinajstić information content (AvgIpc) is 2.36. The SMILES string of the molecule is C[C@H](N)C(=O)Nc1ccc2c(c1)CCCN2S(C)(=O)=O. The number of fused-ring (bicyclic) bond motifs is 1. The van der Waals surface area contributed by atoms with E-state index in [4.69, 9.17) is 5.73 Å². The molecule has 3 N–H and O–H groups in total. The van der Waals surface area contributed by atoms with Crippen LogP contribution in [-0.2, 0) is 21.2 Å². The van der Waals surface area contributed by atoms with Crippen LogP contribution in [0.2, 0.25) is 0 Å². The van der Waals surface area contributed by atoms with Crippen molar-refractivity contribution in [1.82, 2.24) is 0 Å². The van der Waals surface area contributed by atoms with Gasteiger partial charge in [0.1, 0.15) is 0 Å². The Hall–Kier alpha value is -1.60. The standard InChI is InChI=1S/C13H19N3O3S/c1-9(14)13(17)15-11-5-6-12-10(8-11)4-3-7-16(12)20(2,18)19/h5-6,8-9H,3-4,7,14H2,1-2H3,(H,15,17)/t9-/m0/s1. The quantitative estimate of drug-likeness (QED) is 0.858. The van der Waals surface area contributed by atoms with Gasteiger partial charge in [0.05, 0.1) is 18.0 Å². The van der Waals surface area contributed by atoms with Crippen molar-refractivity contribution in [2.24, 2.45) is 5.73 Å². The number of carbonyl (C=O) groups is 1. The maximum absolute atomic E-state index is 11.7. The van der Waals surface area contributed by atoms with Gasteiger partial charge in [0, 0.05) is 12.2 Å². The molecule has 0 radical (unpaired) electrons. The molecule has 0 fully saturated rings. The monoisotopic (exact) mass is 297 g/mol. The van der Waals surface area contributed by atoms with Crippen molar-refractivity contribution in [2.45, 2.75) is 25.8 Å². The minimum absolute atomic E-state index is 0.263. The summed E-state index contributed by atoms with van der Waals surface area (Å²) in [6.07, 6.45) is 2.77. The Labute approximate surface area is 119 Å². The van der Waals surface area contributed by atoms with Crippen LogP contribution < -0.4 is 15.4 Å². The van der Waals surface area contributed by atoms with Crippen LogP contribution in [0.15, 0.2) is 18.2 Å². The molecule has 6 nitrogen and oxygen atoms in total. The number of carbonyl (C=O) groups excluding carboxylic acids is 1. The molecule has 1 aliphatic heterocycles. The fraction of sp³-hybridized carbons (Fsp3) is 0.462. The molecule has 0 spiro atoms. The van der Waals surface area contributed by atoms with Crippen molar-refractivity contribution in [3.05, 3.63) is 23.8 Å². The number of benzene rings is 1. The van der Waals surface area contributed by atoms with E-state index in [1.165, 1.54) is 10.6 Å². The first-order valence-electron chi connectivity index (χ1n) is 6.46. The Kier molecular flexibility index (Phi) is 4.01. The number of nitrogens with two attached hydrogens (primary N) is 1. The highest BCUT2D eigenvalue weighted by molar-refractivity contribution is 7.92. The first kappa shape index (κ1) is 14.8. The Morgan fingerprint density at radius 1 is 1.45 bits per heavy atom. The molecule has 1 heterocycles. The second-order valence-corrected chi connectivity index (χ2v) is 6.97. The number of hydrogen-bond acceptors (Lipinski definition) is 4. The third-order valence-corrected chi connectivity index (χ3v) is 4.42. The Balaban J connectivity index is 2.30. The highest BCUT2D eigenvalue weighted by Gasteiger charge is 2.24. The topological polar surface area (TPSA) is 92.5 Å². The van der Waals surface area contributed by atoms with Gasteiger partial charge in [0.25, 0.3) is 0 Å². The van der Waals surface area contributed by atoms with Gasteiger partial charge in [-0.3, -0.25) is 9.10 Å². The lowest BCUT2D eigenvalue weighted by Gasteiger charge is -2.29. The molecule has 1 amide bonds. The van der Waals surface area contributed by atoms with Crippen LogP contribution in [0.1, 0.15) is 18.9 Å². The first-order chi connectivity index (χ1) is 9.29. The summed E-state index contributed by atoms with van der Waals surface area (Å²) in [5, 5.41) is 2.71. The van der Waals surface area contributed by atoms with E-state index in [0.29, 0.717) is 17.9 Å². The van der Waals surface area contributed by atoms with Crippen LogP contribution in [0.5, 0.6) is 0 Å². The van der Waals surface area contributed by atoms with Crippen LogP contribution in [0.3, 0.4) is 0 Å². The fourth-order valence-corrected chi connectivity index (χ4v) is 3.24. The normalized spacial score (nSPS) is 16.4. The Morgan fingerprint density at radius 3 is 2.75 bits per heavy atom. The van der Waals surface area contributed by atoms with Gasteiger partial charge in [-0.1, -0.05) is 0 Å². The summed E-state index contributed by atoms with van der Waals surface area (Å²) in [4.78, 5) is 11.6. The molecule has 1 aromatic rings. The summed E-state index contributed by atoms with van der Waals surface area (Å²) < 4.78 is 24.9. The van der Waals surface area contributed by atoms with Crippen molar-refractivity contribution in [3.8, 4) is 0 Å². The number of rotatable bonds is 3. The van der Waals surface area contributed by atoms with E-state index in [1.54, 1.807) is 19.1 Å². The summed E-state index contributed by atoms with van der Waals surface area (Å²) in [6, 6.07) is 4.65. The number of anilines is 2. The molecule has 0 aliphatic carbocycles. The molecule has 1 aromatic carbocycles. The van der Waals surface area contributed by atoms with Gasteiger partial charge in [0.15, 0.2) is 0 Å². The van der Waals surface area contributed by atoms with E-state index in [2.05, 4.69) is 5.32 Å². The molecule has 20 heavy (non-hydrogen) atoms. The molecule has 1 atom stereocenters. The number of hydrogen-bond donors (Lipinski definition) is 2. The van der Waals surface area contributed by atoms with Gasteiger partial charge < -0.3 is 11.1 Å². The summed E-state index contributed by atoms with van der Waals surface area (Å²) in [6.45, 7) is 2.11. The van der Waals surface area contributed by atoms with Gasteiger partial charge in [-0.2, -0.15) is 0 Å². The van der Waals surface area contributed by atoms with Crippen molar-refractivity contribution >= 4 is 27.3 Å². The molecular weight excluding hydrogens is 278 g/mol. The van der Waals surface area contributed by atoms with Crippen LogP contribution >= 0.6 is 0 Å². The van der Waals surface area contributed by atoms with Crippen molar-refractivity contribution in [3.63, 3.8) is 0 Å². The second kappa shape index (κ2) is 5.41. The highest BCUT2D eigenvalue weighted by Crippen LogP contribution is 2.31. The maximum Gasteiger partial charge on any atom is 0.240 e. The molecule has 0 aromatic heterocycles. The van der Waals surface area contributed by atoms with Crippen LogP contribution in [0.25, 0.3) is 0 Å². The van der Waals surface area contributed by atoms with Gasteiger partial charge in [-0.15, -0.1) is 0 Å². The molecule has 0 unspecified atom stereocenters. The van der Waals surface area contributed by atoms with E-state index >= 15 is 0 Å². The zero-order chi connectivity index (χ0) is 14.9. The Morgan fingerprint density at radius 2 is 2.15 bits per heavy atom. The van der Waals surface area contributed by atoms with E-state index in [0.717, 1.165) is 18.4 Å². The molecule has 0 saturated heterocycles. The van der Waals surface area contributed by atoms with Crippen molar-refractivity contribution in [1.29, 1.82) is 0 Å². The number of aryl methyl sites for hydroxylation is 1. The second-order valence-electron chi connectivity index (χ2n) is 5.06. The van der Waals surface area contributed by atoms with Crippen LogP contribution in [-0.4, -0.2) is 33.2 Å². The summed E-state index contributed by atoms with van der Waals surface area (Å²) in [5.41, 5.74) is 7.75. The predicted octanol–water partition coefficient (Wildman–Crippen LogP) is 0.684. The summed E-state index contributed by atoms with van der Waals surface area (Å²) in [7, 11) is -3.26. The maximum atomic E-state index is 11.7. The third-order valence-electron chi connectivity index (χ3n) is 3.24. The lowest BCUT2D eigenvalue weighted by molar-refractivity contribution is -0.117. The third kappa shape index (κ3) is 3.10. The van der Waals surface area contributed by atoms with Gasteiger partial charge in [0.2, 0.25) is 15.9 Å². The molecule has 2 rings (SSSR count). The Bertz CT molecular complexity index is 626. The molecule has 1 aliphatic rings. The van der Waals surface area contributed by atoms with E-state index < -0.39 is 16.1 Å². The largest absolute Gasteiger partial charge is 0.325 e. The fourth-order valence-electron chi connectivity index (χ4n) is 2.24. The first-order valence-corrected chi connectivity index (χ1v) is 8.31. The smallest absolute Gasteiger partial charge is 0.240 e. The zero-order valence-electron chi connectivity index (χ0n) is 11.6. The minimum atomic E-state index is -3.26. The van der Waals surface area contributed by atoms with E-state index in [1.807, 2.05) is 6.07 Å². The number of nitrogens with zero attached hydrogens (tertiary/aromatic N) is 1. The van der Waals surface area contributed by atoms with Gasteiger partial charge >= 0.3 is 0 Å². The van der Waals surface area contributed by atoms with E-state index in [-0.39, 0.29) is 5.91 Å². The molecular formula is C13H19N3O3S. The summed E-state index contributed by atoms with van der Waals surface area (Å²) >= 11 is 0. The van der Waals surface area contributed by atoms with Crippen molar-refractivity contribution < 1.29 is 13.2 Å². The molecule has 7 heteroatoms. The van der Waals surface area contributed by atoms with E-state index in [9.17, 15) is 13.2 Å². The van der Waals surface area contributed by atoms with Gasteiger partial charge in [-0.05, 0) is 43.5 Å². The lowest BCUT2D eigenvalue weighted by atomic mass is 10.0. The van der Waals surface area contributed by atoms with Crippen molar-refractivity contribution in [2.75, 3.05) is 22.4 Å². The predicted molar refractivity (Wildman–Crippen MR) is 79.2 cm³/mol. The van der Waals surface area contributed by atoms with Crippen LogP contribution in [0, 0.1) is 0 Å².